The first-order valence-electron chi connectivity index (χ1n) is 21.0. The number of para-hydroxylation sites is 1. The van der Waals surface area contributed by atoms with Crippen LogP contribution in [0.5, 0.6) is 0 Å². The second-order valence-electron chi connectivity index (χ2n) is 15.8. The van der Waals surface area contributed by atoms with Crippen molar-refractivity contribution < 1.29 is 0 Å². The van der Waals surface area contributed by atoms with Crippen molar-refractivity contribution in [2.24, 2.45) is 0 Å². The van der Waals surface area contributed by atoms with Gasteiger partial charge in [-0.3, -0.25) is 0 Å². The Morgan fingerprint density at radius 3 is 1.84 bits per heavy atom. The van der Waals surface area contributed by atoms with Crippen LogP contribution in [-0.2, 0) is 0 Å². The molecule has 0 radical (unpaired) electrons. The maximum atomic E-state index is 5.39. The largest absolute Gasteiger partial charge is 0.246 e. The average molecular weight is 828 g/mol. The van der Waals surface area contributed by atoms with E-state index in [-0.39, 0.29) is 11.2 Å². The lowest BCUT2D eigenvalue weighted by Crippen LogP contribution is -2.14. The number of thiophene rings is 1. The summed E-state index contributed by atoms with van der Waals surface area (Å²) in [6, 6.07) is 69.0. The SMILES string of the molecule is C1=CC(c2sc3c(-c4ccccc4)nc4ccccc4c3c2-c2cccc(-c3cccc(-c4cc(-c5ccccc5)nc(-c5ccccc5)n4)c3)c2)C2Sc3ccccc3C2=C1. The van der Waals surface area contributed by atoms with E-state index in [4.69, 9.17) is 15.0 Å². The smallest absolute Gasteiger partial charge is 0.160 e. The molecule has 10 aromatic rings. The van der Waals surface area contributed by atoms with Crippen molar-refractivity contribution in [3.05, 3.63) is 223 Å². The molecular weight excluding hydrogens is 791 g/mol. The molecule has 5 heteroatoms. The molecule has 1 aliphatic heterocycles. The van der Waals surface area contributed by atoms with Crippen molar-refractivity contribution in [2.75, 3.05) is 0 Å². The summed E-state index contributed by atoms with van der Waals surface area (Å²) in [7, 11) is 0. The third-order valence-corrected chi connectivity index (χ3v) is 14.8. The Kier molecular flexibility index (Phi) is 9.09. The van der Waals surface area contributed by atoms with Gasteiger partial charge >= 0.3 is 0 Å². The summed E-state index contributed by atoms with van der Waals surface area (Å²) in [5.74, 6) is 0.880. The number of aromatic nitrogens is 3. The Bertz CT molecular complexity index is 3330. The molecule has 7 aromatic carbocycles. The minimum atomic E-state index is 0.171. The maximum absolute atomic E-state index is 5.39. The molecule has 0 saturated carbocycles. The lowest BCUT2D eigenvalue weighted by Gasteiger charge is -2.24. The number of benzene rings is 7. The van der Waals surface area contributed by atoms with E-state index in [0.29, 0.717) is 5.82 Å². The van der Waals surface area contributed by atoms with Crippen LogP contribution in [0.2, 0.25) is 0 Å². The van der Waals surface area contributed by atoms with E-state index < -0.39 is 0 Å². The second-order valence-corrected chi connectivity index (χ2v) is 18.0. The van der Waals surface area contributed by atoms with E-state index in [2.05, 4.69) is 188 Å². The molecule has 12 rings (SSSR count). The quantitative estimate of drug-likeness (QED) is 0.160. The Labute approximate surface area is 368 Å². The highest BCUT2D eigenvalue weighted by Crippen LogP contribution is 2.57. The minimum Gasteiger partial charge on any atom is -0.246 e. The average Bonchev–Trinajstić information content (AvgIpc) is 3.95. The molecule has 0 spiro atoms. The maximum Gasteiger partial charge on any atom is 0.160 e. The van der Waals surface area contributed by atoms with Crippen molar-refractivity contribution in [3.63, 3.8) is 0 Å². The fraction of sp³-hybridized carbons (Fsp3) is 0.0351. The third-order valence-electron chi connectivity index (χ3n) is 12.1. The Balaban J connectivity index is 1.04. The lowest BCUT2D eigenvalue weighted by atomic mass is 9.85. The van der Waals surface area contributed by atoms with E-state index in [1.54, 1.807) is 0 Å². The van der Waals surface area contributed by atoms with E-state index in [1.165, 1.54) is 47.5 Å². The van der Waals surface area contributed by atoms with Crippen molar-refractivity contribution >= 4 is 49.7 Å². The van der Waals surface area contributed by atoms with Gasteiger partial charge in [-0.05, 0) is 58.2 Å². The summed E-state index contributed by atoms with van der Waals surface area (Å²) in [4.78, 5) is 18.3. The molecule has 3 aromatic heterocycles. The molecule has 2 unspecified atom stereocenters. The number of nitrogens with zero attached hydrogens (tertiary/aromatic N) is 3. The molecule has 0 fully saturated rings. The van der Waals surface area contributed by atoms with Crippen LogP contribution < -0.4 is 0 Å². The highest BCUT2D eigenvalue weighted by Gasteiger charge is 2.38. The van der Waals surface area contributed by atoms with Gasteiger partial charge in [-0.1, -0.05) is 182 Å². The van der Waals surface area contributed by atoms with Crippen molar-refractivity contribution in [3.8, 4) is 67.4 Å². The van der Waals surface area contributed by atoms with E-state index in [1.807, 2.05) is 47.4 Å². The van der Waals surface area contributed by atoms with Gasteiger partial charge in [-0.25, -0.2) is 15.0 Å². The lowest BCUT2D eigenvalue weighted by molar-refractivity contribution is 0.915. The molecule has 0 saturated heterocycles. The molecule has 3 nitrogen and oxygen atoms in total. The van der Waals surface area contributed by atoms with Crippen LogP contribution >= 0.6 is 23.1 Å². The van der Waals surface area contributed by atoms with Crippen LogP contribution in [0.3, 0.4) is 0 Å². The normalized spacial score (nSPS) is 15.4. The molecule has 0 bridgehead atoms. The number of allylic oxidation sites excluding steroid dienone is 3. The highest BCUT2D eigenvalue weighted by molar-refractivity contribution is 8.01. The molecule has 2 aliphatic rings. The van der Waals surface area contributed by atoms with Crippen LogP contribution in [0.15, 0.2) is 217 Å². The molecule has 4 heterocycles. The number of pyridine rings is 1. The molecule has 1 aliphatic carbocycles. The van der Waals surface area contributed by atoms with Gasteiger partial charge in [0.05, 0.1) is 27.3 Å². The Hall–Kier alpha value is -7.18. The van der Waals surface area contributed by atoms with Gasteiger partial charge < -0.3 is 0 Å². The number of hydrogen-bond acceptors (Lipinski definition) is 5. The van der Waals surface area contributed by atoms with Crippen LogP contribution in [0.4, 0.5) is 0 Å². The van der Waals surface area contributed by atoms with Gasteiger partial charge in [0.2, 0.25) is 0 Å². The van der Waals surface area contributed by atoms with Crippen molar-refractivity contribution in [2.45, 2.75) is 16.1 Å². The molecule has 292 valence electrons. The first kappa shape index (κ1) is 36.7. The Morgan fingerprint density at radius 2 is 1.06 bits per heavy atom. The summed E-state index contributed by atoms with van der Waals surface area (Å²) in [6.45, 7) is 0. The van der Waals surface area contributed by atoms with Crippen LogP contribution in [0.1, 0.15) is 16.4 Å². The zero-order valence-corrected chi connectivity index (χ0v) is 35.2. The first-order valence-corrected chi connectivity index (χ1v) is 22.7. The van der Waals surface area contributed by atoms with Gasteiger partial charge in [0, 0.05) is 59.5 Å². The van der Waals surface area contributed by atoms with Crippen molar-refractivity contribution in [1.29, 1.82) is 0 Å². The second kappa shape index (κ2) is 15.4. The highest BCUT2D eigenvalue weighted by atomic mass is 32.2. The monoisotopic (exact) mass is 827 g/mol. The third kappa shape index (κ3) is 6.40. The van der Waals surface area contributed by atoms with Crippen LogP contribution in [-0.4, -0.2) is 20.2 Å². The topological polar surface area (TPSA) is 38.7 Å². The van der Waals surface area contributed by atoms with E-state index >= 15 is 0 Å². The van der Waals surface area contributed by atoms with Gasteiger partial charge in [0.25, 0.3) is 0 Å². The zero-order valence-electron chi connectivity index (χ0n) is 33.5. The van der Waals surface area contributed by atoms with Crippen LogP contribution in [0, 0.1) is 0 Å². The van der Waals surface area contributed by atoms with Crippen LogP contribution in [0.25, 0.3) is 94.0 Å². The minimum absolute atomic E-state index is 0.171. The Morgan fingerprint density at radius 1 is 0.468 bits per heavy atom. The number of thioether (sulfide) groups is 1. The number of fused-ring (bicyclic) bond motifs is 6. The molecular formula is C57H37N3S2. The fourth-order valence-electron chi connectivity index (χ4n) is 9.14. The van der Waals surface area contributed by atoms with Crippen molar-refractivity contribution in [1.82, 2.24) is 15.0 Å². The van der Waals surface area contributed by atoms with Gasteiger partial charge in [-0.15, -0.1) is 23.1 Å². The summed E-state index contributed by atoms with van der Waals surface area (Å²) in [6.07, 6.45) is 7.04. The molecule has 62 heavy (non-hydrogen) atoms. The molecule has 0 N–H and O–H groups in total. The fourth-order valence-corrected chi connectivity index (χ4v) is 12.1. The first-order chi connectivity index (χ1) is 30.7. The number of hydrogen-bond donors (Lipinski definition) is 0. The van der Waals surface area contributed by atoms with Gasteiger partial charge in [-0.2, -0.15) is 0 Å². The van der Waals surface area contributed by atoms with Gasteiger partial charge in [0.15, 0.2) is 5.82 Å². The summed E-state index contributed by atoms with van der Waals surface area (Å²) in [5, 5.41) is 2.73. The zero-order chi connectivity index (χ0) is 41.0. The summed E-state index contributed by atoms with van der Waals surface area (Å²) < 4.78 is 1.23. The summed E-state index contributed by atoms with van der Waals surface area (Å²) >= 11 is 3.92. The van der Waals surface area contributed by atoms with E-state index in [9.17, 15) is 0 Å². The number of rotatable bonds is 7. The molecule has 2 atom stereocenters. The predicted octanol–water partition coefficient (Wildman–Crippen LogP) is 15.5. The molecule has 0 amide bonds. The summed E-state index contributed by atoms with van der Waals surface area (Å²) in [5.41, 5.74) is 15.6. The predicted molar refractivity (Wildman–Crippen MR) is 261 cm³/mol. The van der Waals surface area contributed by atoms with Gasteiger partial charge in [0.1, 0.15) is 0 Å². The standard InChI is InChI=1S/C57H37N3S2/c1-4-17-36(18-5-1)48-35-49(60-57(59-48)38-21-8-3-9-22-38)41-25-14-23-39(33-41)40-24-15-26-42(34-40)51-52-45-28-10-12-31-47(45)58-53(37-19-6-2-7-20-37)56(52)62-55(51)46-30-16-29-44-43-27-11-13-32-50(43)61-54(44)46/h1-35,46,54H. The van der Waals surface area contributed by atoms with E-state index in [0.717, 1.165) is 56.0 Å².